The molecule has 2 nitrogen and oxygen atoms in total. The van der Waals surface area contributed by atoms with E-state index in [1.807, 2.05) is 19.9 Å². The van der Waals surface area contributed by atoms with E-state index in [4.69, 9.17) is 0 Å². The first-order valence-corrected chi connectivity index (χ1v) is 7.76. The number of hydrogen-bond acceptors (Lipinski definition) is 2. The Morgan fingerprint density at radius 3 is 2.30 bits per heavy atom. The molecule has 2 aromatic carbocycles. The molecule has 1 heterocycles. The molecule has 0 saturated heterocycles. The van der Waals surface area contributed by atoms with Gasteiger partial charge >= 0.3 is 0 Å². The fourth-order valence-electron chi connectivity index (χ4n) is 2.39. The summed E-state index contributed by atoms with van der Waals surface area (Å²) in [6, 6.07) is 10.5. The summed E-state index contributed by atoms with van der Waals surface area (Å²) in [6.07, 6.45) is 2.68. The fraction of sp³-hybridized carbons (Fsp3) is 0.125. The van der Waals surface area contributed by atoms with Crippen molar-refractivity contribution < 1.29 is 0 Å². The number of rotatable bonds is 1. The maximum absolute atomic E-state index is 4.19. The second-order valence-corrected chi connectivity index (χ2v) is 6.37. The lowest BCUT2D eigenvalue weighted by Crippen LogP contribution is -1.96. The van der Waals surface area contributed by atoms with Crippen molar-refractivity contribution in [3.8, 4) is 11.1 Å². The SMILES string of the molecule is Cc1n[c]nc(C)c1-c1ccc2ccc(Br)cc2c1Br. The molecule has 0 fully saturated rings. The maximum atomic E-state index is 4.19. The summed E-state index contributed by atoms with van der Waals surface area (Å²) >= 11 is 7.26. The van der Waals surface area contributed by atoms with E-state index in [0.29, 0.717) is 0 Å². The van der Waals surface area contributed by atoms with Crippen LogP contribution in [0.5, 0.6) is 0 Å². The third-order valence-corrected chi connectivity index (χ3v) is 4.69. The Kier molecular flexibility index (Phi) is 3.61. The Morgan fingerprint density at radius 2 is 1.60 bits per heavy atom. The van der Waals surface area contributed by atoms with Gasteiger partial charge in [-0.3, -0.25) is 0 Å². The highest BCUT2D eigenvalue weighted by Crippen LogP contribution is 2.37. The van der Waals surface area contributed by atoms with Crippen LogP contribution in [-0.4, -0.2) is 9.97 Å². The second-order valence-electron chi connectivity index (χ2n) is 4.66. The topological polar surface area (TPSA) is 25.8 Å². The van der Waals surface area contributed by atoms with Crippen molar-refractivity contribution in [3.63, 3.8) is 0 Å². The minimum absolute atomic E-state index is 0.938. The first-order chi connectivity index (χ1) is 9.58. The van der Waals surface area contributed by atoms with Crippen molar-refractivity contribution in [2.75, 3.05) is 0 Å². The maximum Gasteiger partial charge on any atom is 0.198 e. The van der Waals surface area contributed by atoms with Crippen molar-refractivity contribution in [2.24, 2.45) is 0 Å². The van der Waals surface area contributed by atoms with Gasteiger partial charge in [0.25, 0.3) is 0 Å². The molecule has 20 heavy (non-hydrogen) atoms. The molecular formula is C16H11Br2N2. The molecule has 0 aliphatic heterocycles. The number of fused-ring (bicyclic) bond motifs is 1. The molecule has 0 bridgehead atoms. The zero-order valence-corrected chi connectivity index (χ0v) is 14.2. The summed E-state index contributed by atoms with van der Waals surface area (Å²) in [5, 5.41) is 2.37. The minimum atomic E-state index is 0.938. The van der Waals surface area contributed by atoms with Gasteiger partial charge in [-0.05, 0) is 52.7 Å². The van der Waals surface area contributed by atoms with Gasteiger partial charge in [-0.15, -0.1) is 0 Å². The van der Waals surface area contributed by atoms with E-state index in [1.54, 1.807) is 0 Å². The Balaban J connectivity index is 2.35. The van der Waals surface area contributed by atoms with Crippen LogP contribution >= 0.6 is 31.9 Å². The zero-order valence-electron chi connectivity index (χ0n) is 11.0. The van der Waals surface area contributed by atoms with Crippen LogP contribution in [0, 0.1) is 20.2 Å². The molecule has 1 aromatic heterocycles. The zero-order chi connectivity index (χ0) is 14.3. The highest BCUT2D eigenvalue weighted by Gasteiger charge is 2.13. The normalized spacial score (nSPS) is 11.0. The summed E-state index contributed by atoms with van der Waals surface area (Å²) in [4.78, 5) is 8.38. The van der Waals surface area contributed by atoms with E-state index in [9.17, 15) is 0 Å². The van der Waals surface area contributed by atoms with E-state index < -0.39 is 0 Å². The summed E-state index contributed by atoms with van der Waals surface area (Å²) in [7, 11) is 0. The molecule has 0 saturated carbocycles. The first-order valence-electron chi connectivity index (χ1n) is 6.17. The average Bonchev–Trinajstić information content (AvgIpc) is 2.41. The molecular weight excluding hydrogens is 380 g/mol. The summed E-state index contributed by atoms with van der Waals surface area (Å²) < 4.78 is 2.13. The number of hydrogen-bond donors (Lipinski definition) is 0. The van der Waals surface area contributed by atoms with Gasteiger partial charge in [0, 0.05) is 31.5 Å². The molecule has 1 radical (unpaired) electrons. The van der Waals surface area contributed by atoms with E-state index in [-0.39, 0.29) is 0 Å². The molecule has 0 atom stereocenters. The van der Waals surface area contributed by atoms with Crippen LogP contribution in [-0.2, 0) is 0 Å². The Morgan fingerprint density at radius 1 is 0.950 bits per heavy atom. The minimum Gasteiger partial charge on any atom is -0.230 e. The van der Waals surface area contributed by atoms with Crippen LogP contribution in [0.25, 0.3) is 21.9 Å². The van der Waals surface area contributed by atoms with Crippen LogP contribution in [0.1, 0.15) is 11.4 Å². The standard InChI is InChI=1S/C16H11Br2N2/c1-9-15(10(2)20-8-19-9)13-6-4-11-3-5-12(17)7-14(11)16(13)18/h3-7H,1-2H3. The third kappa shape index (κ3) is 2.27. The lowest BCUT2D eigenvalue weighted by molar-refractivity contribution is 1.04. The molecule has 0 unspecified atom stereocenters. The number of halogens is 2. The van der Waals surface area contributed by atoms with Gasteiger partial charge in [0.2, 0.25) is 0 Å². The molecule has 0 aliphatic carbocycles. The van der Waals surface area contributed by atoms with Gasteiger partial charge in [-0.1, -0.05) is 34.1 Å². The molecule has 3 aromatic rings. The van der Waals surface area contributed by atoms with Crippen molar-refractivity contribution in [2.45, 2.75) is 13.8 Å². The average molecular weight is 391 g/mol. The largest absolute Gasteiger partial charge is 0.230 e. The quantitative estimate of drug-likeness (QED) is 0.567. The first kappa shape index (κ1) is 13.7. The van der Waals surface area contributed by atoms with Gasteiger partial charge in [0.15, 0.2) is 6.33 Å². The predicted octanol–water partition coefficient (Wildman–Crippen LogP) is 5.24. The van der Waals surface area contributed by atoms with Crippen LogP contribution < -0.4 is 0 Å². The van der Waals surface area contributed by atoms with Crippen LogP contribution in [0.4, 0.5) is 0 Å². The van der Waals surface area contributed by atoms with Gasteiger partial charge in [-0.25, -0.2) is 9.97 Å². The fourth-order valence-corrected chi connectivity index (χ4v) is 3.42. The smallest absolute Gasteiger partial charge is 0.198 e. The molecule has 3 rings (SSSR count). The molecule has 99 valence electrons. The van der Waals surface area contributed by atoms with E-state index in [0.717, 1.165) is 31.5 Å². The van der Waals surface area contributed by atoms with Crippen molar-refractivity contribution in [3.05, 3.63) is 57.0 Å². The lowest BCUT2D eigenvalue weighted by Gasteiger charge is -2.12. The highest BCUT2D eigenvalue weighted by molar-refractivity contribution is 9.11. The van der Waals surface area contributed by atoms with Gasteiger partial charge in [0.05, 0.1) is 0 Å². The molecule has 0 spiro atoms. The highest BCUT2D eigenvalue weighted by atomic mass is 79.9. The Hall–Kier alpha value is -1.26. The van der Waals surface area contributed by atoms with Crippen molar-refractivity contribution in [1.29, 1.82) is 0 Å². The summed E-state index contributed by atoms with van der Waals surface area (Å²) in [5.74, 6) is 0. The molecule has 4 heteroatoms. The van der Waals surface area contributed by atoms with Crippen molar-refractivity contribution in [1.82, 2.24) is 9.97 Å². The van der Waals surface area contributed by atoms with E-state index in [1.165, 1.54) is 10.8 Å². The number of aromatic nitrogens is 2. The molecule has 0 aliphatic rings. The van der Waals surface area contributed by atoms with Crippen LogP contribution in [0.2, 0.25) is 0 Å². The Labute approximate surface area is 134 Å². The van der Waals surface area contributed by atoms with Gasteiger partial charge < -0.3 is 0 Å². The number of nitrogens with zero attached hydrogens (tertiary/aromatic N) is 2. The van der Waals surface area contributed by atoms with Gasteiger partial charge in [0.1, 0.15) is 0 Å². The van der Waals surface area contributed by atoms with Crippen molar-refractivity contribution >= 4 is 42.6 Å². The summed E-state index contributed by atoms with van der Waals surface area (Å²) in [5.41, 5.74) is 4.05. The molecule has 0 N–H and O–H groups in total. The third-order valence-electron chi connectivity index (χ3n) is 3.35. The lowest BCUT2D eigenvalue weighted by atomic mass is 9.99. The number of benzene rings is 2. The van der Waals surface area contributed by atoms with E-state index >= 15 is 0 Å². The summed E-state index contributed by atoms with van der Waals surface area (Å²) in [6.45, 7) is 3.97. The van der Waals surface area contributed by atoms with Crippen LogP contribution in [0.3, 0.4) is 0 Å². The molecule has 0 amide bonds. The number of aryl methyl sites for hydroxylation is 2. The predicted molar refractivity (Wildman–Crippen MR) is 88.7 cm³/mol. The Bertz CT molecular complexity index is 793. The van der Waals surface area contributed by atoms with Crippen LogP contribution in [0.15, 0.2) is 39.3 Å². The van der Waals surface area contributed by atoms with Gasteiger partial charge in [-0.2, -0.15) is 0 Å². The second kappa shape index (κ2) is 5.26. The van der Waals surface area contributed by atoms with E-state index in [2.05, 4.69) is 72.4 Å². The monoisotopic (exact) mass is 389 g/mol.